The molecule has 1 fully saturated rings. The van der Waals surface area contributed by atoms with E-state index in [-0.39, 0.29) is 5.91 Å². The zero-order valence-electron chi connectivity index (χ0n) is 14.5. The SMILES string of the molecule is Cc1nc2ccccn2c1C1C(=O)NCCN1Cc1ccc(C#N)cc1. The van der Waals surface area contributed by atoms with Crippen molar-refractivity contribution >= 4 is 11.6 Å². The maximum atomic E-state index is 12.8. The Labute approximate surface area is 151 Å². The van der Waals surface area contributed by atoms with E-state index in [0.29, 0.717) is 18.7 Å². The summed E-state index contributed by atoms with van der Waals surface area (Å²) < 4.78 is 2.00. The molecule has 0 spiro atoms. The third-order valence-electron chi connectivity index (χ3n) is 4.79. The van der Waals surface area contributed by atoms with Crippen molar-refractivity contribution in [1.82, 2.24) is 19.6 Å². The first-order chi connectivity index (χ1) is 12.7. The summed E-state index contributed by atoms with van der Waals surface area (Å²) in [5, 5.41) is 11.9. The van der Waals surface area contributed by atoms with Crippen LogP contribution in [0.25, 0.3) is 5.65 Å². The molecule has 1 atom stereocenters. The summed E-state index contributed by atoms with van der Waals surface area (Å²) in [6.07, 6.45) is 1.95. The summed E-state index contributed by atoms with van der Waals surface area (Å²) in [4.78, 5) is 19.5. The fraction of sp³-hybridized carbons (Fsp3) is 0.250. The van der Waals surface area contributed by atoms with Gasteiger partial charge in [0.2, 0.25) is 5.91 Å². The van der Waals surface area contributed by atoms with Crippen molar-refractivity contribution in [2.45, 2.75) is 19.5 Å². The molecule has 1 saturated heterocycles. The van der Waals surface area contributed by atoms with Crippen LogP contribution in [-0.4, -0.2) is 33.3 Å². The largest absolute Gasteiger partial charge is 0.353 e. The molecule has 1 amide bonds. The normalized spacial score (nSPS) is 17.8. The zero-order chi connectivity index (χ0) is 18.1. The number of aryl methyl sites for hydroxylation is 1. The lowest BCUT2D eigenvalue weighted by Crippen LogP contribution is -2.50. The Balaban J connectivity index is 1.72. The van der Waals surface area contributed by atoms with Gasteiger partial charge in [0.15, 0.2) is 0 Å². The molecule has 1 aliphatic heterocycles. The predicted molar refractivity (Wildman–Crippen MR) is 97.2 cm³/mol. The highest BCUT2D eigenvalue weighted by Crippen LogP contribution is 2.28. The number of hydrogen-bond donors (Lipinski definition) is 1. The third kappa shape index (κ3) is 2.83. The number of amides is 1. The molecule has 6 nitrogen and oxygen atoms in total. The van der Waals surface area contributed by atoms with Gasteiger partial charge < -0.3 is 9.72 Å². The van der Waals surface area contributed by atoms with Gasteiger partial charge >= 0.3 is 0 Å². The minimum atomic E-state index is -0.392. The molecule has 0 saturated carbocycles. The molecule has 1 aliphatic rings. The number of piperazine rings is 1. The molecule has 0 aliphatic carbocycles. The van der Waals surface area contributed by atoms with Gasteiger partial charge in [-0.1, -0.05) is 18.2 Å². The van der Waals surface area contributed by atoms with Crippen molar-refractivity contribution in [2.75, 3.05) is 13.1 Å². The van der Waals surface area contributed by atoms with Gasteiger partial charge in [0, 0.05) is 25.8 Å². The summed E-state index contributed by atoms with van der Waals surface area (Å²) in [6.45, 7) is 3.98. The minimum absolute atomic E-state index is 0.00125. The van der Waals surface area contributed by atoms with E-state index in [1.165, 1.54) is 0 Å². The molecule has 26 heavy (non-hydrogen) atoms. The molecule has 1 aromatic carbocycles. The highest BCUT2D eigenvalue weighted by atomic mass is 16.2. The first kappa shape index (κ1) is 16.3. The van der Waals surface area contributed by atoms with Gasteiger partial charge in [-0.2, -0.15) is 5.26 Å². The summed E-state index contributed by atoms with van der Waals surface area (Å²) >= 11 is 0. The van der Waals surface area contributed by atoms with Crippen LogP contribution in [0.3, 0.4) is 0 Å². The monoisotopic (exact) mass is 345 g/mol. The van der Waals surface area contributed by atoms with E-state index < -0.39 is 6.04 Å². The van der Waals surface area contributed by atoms with Gasteiger partial charge in [0.05, 0.1) is 23.0 Å². The Kier molecular flexibility index (Phi) is 4.15. The van der Waals surface area contributed by atoms with Crippen LogP contribution < -0.4 is 5.32 Å². The minimum Gasteiger partial charge on any atom is -0.353 e. The molecule has 3 heterocycles. The number of carbonyl (C=O) groups excluding carboxylic acids is 1. The van der Waals surface area contributed by atoms with E-state index in [1.807, 2.05) is 60.0 Å². The Morgan fingerprint density at radius 2 is 2.08 bits per heavy atom. The summed E-state index contributed by atoms with van der Waals surface area (Å²) in [5.74, 6) is -0.00125. The zero-order valence-corrected chi connectivity index (χ0v) is 14.5. The van der Waals surface area contributed by atoms with Gasteiger partial charge in [-0.25, -0.2) is 4.98 Å². The maximum absolute atomic E-state index is 12.8. The van der Waals surface area contributed by atoms with E-state index in [2.05, 4.69) is 21.3 Å². The molecular formula is C20H19N5O. The number of aromatic nitrogens is 2. The summed E-state index contributed by atoms with van der Waals surface area (Å²) in [7, 11) is 0. The molecule has 0 radical (unpaired) electrons. The fourth-order valence-electron chi connectivity index (χ4n) is 3.56. The number of hydrogen-bond acceptors (Lipinski definition) is 4. The van der Waals surface area contributed by atoms with Crippen LogP contribution >= 0.6 is 0 Å². The van der Waals surface area contributed by atoms with E-state index in [9.17, 15) is 4.79 Å². The van der Waals surface area contributed by atoms with Crippen molar-refractivity contribution in [3.8, 4) is 6.07 Å². The van der Waals surface area contributed by atoms with Crippen molar-refractivity contribution in [3.05, 3.63) is 71.2 Å². The second-order valence-corrected chi connectivity index (χ2v) is 6.48. The van der Waals surface area contributed by atoms with Crippen LogP contribution in [0.2, 0.25) is 0 Å². The van der Waals surface area contributed by atoms with Crippen molar-refractivity contribution < 1.29 is 4.79 Å². The highest BCUT2D eigenvalue weighted by molar-refractivity contribution is 5.84. The second kappa shape index (κ2) is 6.62. The van der Waals surface area contributed by atoms with Gasteiger partial charge in [0.1, 0.15) is 11.7 Å². The fourth-order valence-corrected chi connectivity index (χ4v) is 3.56. The Morgan fingerprint density at radius 1 is 1.27 bits per heavy atom. The topological polar surface area (TPSA) is 73.4 Å². The van der Waals surface area contributed by atoms with E-state index in [4.69, 9.17) is 5.26 Å². The maximum Gasteiger partial charge on any atom is 0.243 e. The molecule has 1 unspecified atom stereocenters. The molecule has 2 aromatic heterocycles. The third-order valence-corrected chi connectivity index (χ3v) is 4.79. The van der Waals surface area contributed by atoms with Crippen molar-refractivity contribution in [3.63, 3.8) is 0 Å². The average Bonchev–Trinajstić information content (AvgIpc) is 2.98. The van der Waals surface area contributed by atoms with Gasteiger partial charge in [-0.15, -0.1) is 0 Å². The van der Waals surface area contributed by atoms with Crippen LogP contribution in [0.1, 0.15) is 28.6 Å². The molecule has 1 N–H and O–H groups in total. The Bertz CT molecular complexity index is 999. The first-order valence-electron chi connectivity index (χ1n) is 8.62. The second-order valence-electron chi connectivity index (χ2n) is 6.48. The number of nitrogens with one attached hydrogen (secondary N) is 1. The molecule has 130 valence electrons. The van der Waals surface area contributed by atoms with Crippen LogP contribution in [0.5, 0.6) is 0 Å². The van der Waals surface area contributed by atoms with E-state index in [1.54, 1.807) is 0 Å². The lowest BCUT2D eigenvalue weighted by Gasteiger charge is -2.35. The molecule has 0 bridgehead atoms. The van der Waals surface area contributed by atoms with Gasteiger partial charge in [-0.3, -0.25) is 9.69 Å². The lowest BCUT2D eigenvalue weighted by atomic mass is 10.0. The molecular weight excluding hydrogens is 326 g/mol. The van der Waals surface area contributed by atoms with E-state index in [0.717, 1.165) is 29.1 Å². The highest BCUT2D eigenvalue weighted by Gasteiger charge is 2.34. The Hall–Kier alpha value is -3.17. The number of rotatable bonds is 3. The average molecular weight is 345 g/mol. The first-order valence-corrected chi connectivity index (χ1v) is 8.62. The number of imidazole rings is 1. The van der Waals surface area contributed by atoms with Crippen molar-refractivity contribution in [2.24, 2.45) is 0 Å². The molecule has 3 aromatic rings. The number of fused-ring (bicyclic) bond motifs is 1. The Morgan fingerprint density at radius 3 is 2.85 bits per heavy atom. The predicted octanol–water partition coefficient (Wildman–Crippen LogP) is 2.19. The number of benzene rings is 1. The van der Waals surface area contributed by atoms with Gasteiger partial charge in [0.25, 0.3) is 0 Å². The summed E-state index contributed by atoms with van der Waals surface area (Å²) in [6, 6.07) is 15.1. The standard InChI is InChI=1S/C20H19N5O/c1-14-18(25-10-3-2-4-17(25)23-14)19-20(26)22-9-11-24(19)13-16-7-5-15(12-21)6-8-16/h2-8,10,19H,9,11,13H2,1H3,(H,22,26). The number of nitriles is 1. The van der Waals surface area contributed by atoms with Crippen LogP contribution in [0.15, 0.2) is 48.7 Å². The van der Waals surface area contributed by atoms with E-state index >= 15 is 0 Å². The quantitative estimate of drug-likeness (QED) is 0.790. The summed E-state index contributed by atoms with van der Waals surface area (Å²) in [5.41, 5.74) is 4.33. The molecule has 6 heteroatoms. The van der Waals surface area contributed by atoms with Crippen LogP contribution in [0.4, 0.5) is 0 Å². The number of carbonyl (C=O) groups is 1. The lowest BCUT2D eigenvalue weighted by molar-refractivity contribution is -0.129. The molecule has 4 rings (SSSR count). The van der Waals surface area contributed by atoms with Crippen LogP contribution in [0, 0.1) is 18.3 Å². The van der Waals surface area contributed by atoms with Gasteiger partial charge in [-0.05, 0) is 36.8 Å². The van der Waals surface area contributed by atoms with Crippen molar-refractivity contribution in [1.29, 1.82) is 5.26 Å². The smallest absolute Gasteiger partial charge is 0.243 e. The number of nitrogens with zero attached hydrogens (tertiary/aromatic N) is 4. The van der Waals surface area contributed by atoms with Crippen LogP contribution in [-0.2, 0) is 11.3 Å². The number of pyridine rings is 1.